The molecule has 114 valence electrons. The maximum Gasteiger partial charge on any atom is 0.0641 e. The minimum atomic E-state index is 0.715. The Morgan fingerprint density at radius 2 is 1.70 bits per heavy atom. The van der Waals surface area contributed by atoms with E-state index >= 15 is 0 Å². The molecule has 1 rings (SSSR count). The molecule has 0 aromatic heterocycles. The Morgan fingerprint density at radius 3 is 2.20 bits per heavy atom. The lowest BCUT2D eigenvalue weighted by Gasteiger charge is -2.27. The SMILES string of the molecule is CCOCCN(CCOCC)c1ccc(Cl)cc1CBr. The molecule has 5 heteroatoms. The first kappa shape index (κ1) is 17.8. The molecule has 0 N–H and O–H groups in total. The average Bonchev–Trinajstić information content (AvgIpc) is 2.46. The average molecular weight is 365 g/mol. The topological polar surface area (TPSA) is 21.7 Å². The highest BCUT2D eigenvalue weighted by Crippen LogP contribution is 2.26. The van der Waals surface area contributed by atoms with Gasteiger partial charge in [0.05, 0.1) is 13.2 Å². The second-order valence-electron chi connectivity index (χ2n) is 4.29. The van der Waals surface area contributed by atoms with Crippen LogP contribution in [0.3, 0.4) is 0 Å². The molecule has 0 saturated carbocycles. The number of hydrogen-bond donors (Lipinski definition) is 0. The zero-order chi connectivity index (χ0) is 14.8. The number of benzene rings is 1. The Morgan fingerprint density at radius 1 is 1.10 bits per heavy atom. The van der Waals surface area contributed by atoms with Gasteiger partial charge in [0, 0.05) is 42.3 Å². The molecule has 3 nitrogen and oxygen atoms in total. The predicted molar refractivity (Wildman–Crippen MR) is 89.3 cm³/mol. The van der Waals surface area contributed by atoms with Crippen LogP contribution in [0.4, 0.5) is 5.69 Å². The van der Waals surface area contributed by atoms with E-state index < -0.39 is 0 Å². The molecular formula is C15H23BrClNO2. The third-order valence-electron chi connectivity index (χ3n) is 2.95. The molecule has 1 aromatic rings. The van der Waals surface area contributed by atoms with Crippen molar-refractivity contribution >= 4 is 33.2 Å². The lowest BCUT2D eigenvalue weighted by Crippen LogP contribution is -2.31. The molecule has 0 bridgehead atoms. The Labute approximate surface area is 135 Å². The summed E-state index contributed by atoms with van der Waals surface area (Å²) in [5, 5.41) is 1.54. The van der Waals surface area contributed by atoms with E-state index in [1.54, 1.807) is 0 Å². The second kappa shape index (κ2) is 10.4. The van der Waals surface area contributed by atoms with Gasteiger partial charge in [0.2, 0.25) is 0 Å². The Hall–Kier alpha value is -0.290. The summed E-state index contributed by atoms with van der Waals surface area (Å²) in [6, 6.07) is 5.99. The number of anilines is 1. The van der Waals surface area contributed by atoms with Crippen molar-refractivity contribution in [2.45, 2.75) is 19.2 Å². The lowest BCUT2D eigenvalue weighted by molar-refractivity contribution is 0.141. The van der Waals surface area contributed by atoms with Crippen LogP contribution in [-0.2, 0) is 14.8 Å². The first-order valence-corrected chi connectivity index (χ1v) is 8.47. The number of alkyl halides is 1. The zero-order valence-electron chi connectivity index (χ0n) is 12.2. The van der Waals surface area contributed by atoms with Crippen molar-refractivity contribution in [3.05, 3.63) is 28.8 Å². The van der Waals surface area contributed by atoms with Crippen molar-refractivity contribution < 1.29 is 9.47 Å². The van der Waals surface area contributed by atoms with Gasteiger partial charge in [-0.3, -0.25) is 0 Å². The van der Waals surface area contributed by atoms with Gasteiger partial charge in [0.1, 0.15) is 0 Å². The largest absolute Gasteiger partial charge is 0.380 e. The molecule has 1 aromatic carbocycles. The van der Waals surface area contributed by atoms with Crippen LogP contribution in [0, 0.1) is 0 Å². The summed E-state index contributed by atoms with van der Waals surface area (Å²) in [6.07, 6.45) is 0. The molecule has 0 aliphatic heterocycles. The maximum atomic E-state index is 6.07. The Kier molecular flexibility index (Phi) is 9.27. The Bertz CT molecular complexity index is 380. The second-order valence-corrected chi connectivity index (χ2v) is 5.28. The maximum absolute atomic E-state index is 6.07. The summed E-state index contributed by atoms with van der Waals surface area (Å²) in [5.41, 5.74) is 2.37. The summed E-state index contributed by atoms with van der Waals surface area (Å²) in [5.74, 6) is 0. The molecule has 0 aliphatic carbocycles. The highest BCUT2D eigenvalue weighted by Gasteiger charge is 2.11. The molecular weight excluding hydrogens is 342 g/mol. The minimum absolute atomic E-state index is 0.715. The van der Waals surface area contributed by atoms with Crippen molar-refractivity contribution in [3.63, 3.8) is 0 Å². The summed E-state index contributed by atoms with van der Waals surface area (Å²) in [7, 11) is 0. The minimum Gasteiger partial charge on any atom is -0.380 e. The van der Waals surface area contributed by atoms with Crippen LogP contribution >= 0.6 is 27.5 Å². The van der Waals surface area contributed by atoms with Gasteiger partial charge in [-0.1, -0.05) is 27.5 Å². The molecule has 20 heavy (non-hydrogen) atoms. The van der Waals surface area contributed by atoms with Crippen LogP contribution in [0.15, 0.2) is 18.2 Å². The fourth-order valence-corrected chi connectivity index (χ4v) is 2.60. The van der Waals surface area contributed by atoms with Gasteiger partial charge >= 0.3 is 0 Å². The number of rotatable bonds is 10. The van der Waals surface area contributed by atoms with Crippen LogP contribution in [-0.4, -0.2) is 39.5 Å². The quantitative estimate of drug-likeness (QED) is 0.460. The van der Waals surface area contributed by atoms with Gasteiger partial charge in [-0.2, -0.15) is 0 Å². The van der Waals surface area contributed by atoms with Crippen molar-refractivity contribution in [1.29, 1.82) is 0 Å². The summed E-state index contributed by atoms with van der Waals surface area (Å²) in [6.45, 7) is 8.63. The van der Waals surface area contributed by atoms with E-state index in [0.717, 1.165) is 36.7 Å². The van der Waals surface area contributed by atoms with Gasteiger partial charge in [0.15, 0.2) is 0 Å². The first-order valence-electron chi connectivity index (χ1n) is 6.97. The van der Waals surface area contributed by atoms with E-state index in [4.69, 9.17) is 21.1 Å². The lowest BCUT2D eigenvalue weighted by atomic mass is 10.2. The van der Waals surface area contributed by atoms with Gasteiger partial charge in [-0.25, -0.2) is 0 Å². The van der Waals surface area contributed by atoms with Gasteiger partial charge in [-0.05, 0) is 37.6 Å². The summed E-state index contributed by atoms with van der Waals surface area (Å²) < 4.78 is 10.9. The number of nitrogens with zero attached hydrogens (tertiary/aromatic N) is 1. The molecule has 0 atom stereocenters. The monoisotopic (exact) mass is 363 g/mol. The normalized spacial score (nSPS) is 10.8. The number of ether oxygens (including phenoxy) is 2. The highest BCUT2D eigenvalue weighted by atomic mass is 79.9. The molecule has 0 spiro atoms. The first-order chi connectivity index (χ1) is 9.72. The molecule has 0 aliphatic rings. The van der Waals surface area contributed by atoms with Gasteiger partial charge < -0.3 is 14.4 Å². The Balaban J connectivity index is 2.78. The van der Waals surface area contributed by atoms with Crippen LogP contribution in [0.5, 0.6) is 0 Å². The van der Waals surface area contributed by atoms with Crippen LogP contribution in [0.25, 0.3) is 0 Å². The fraction of sp³-hybridized carbons (Fsp3) is 0.600. The summed E-state index contributed by atoms with van der Waals surface area (Å²) >= 11 is 9.59. The van der Waals surface area contributed by atoms with E-state index in [2.05, 4.69) is 26.9 Å². The van der Waals surface area contributed by atoms with Crippen molar-refractivity contribution in [3.8, 4) is 0 Å². The van der Waals surface area contributed by atoms with E-state index in [1.165, 1.54) is 11.3 Å². The standard InChI is InChI=1S/C15H23BrClNO2/c1-3-19-9-7-18(8-10-20-4-2)15-6-5-14(17)11-13(15)12-16/h5-6,11H,3-4,7-10,12H2,1-2H3. The van der Waals surface area contributed by atoms with Crippen LogP contribution < -0.4 is 4.90 Å². The molecule has 0 heterocycles. The van der Waals surface area contributed by atoms with Gasteiger partial charge in [0.25, 0.3) is 0 Å². The predicted octanol–water partition coefficient (Wildman–Crippen LogP) is 4.11. The smallest absolute Gasteiger partial charge is 0.0641 e. The highest BCUT2D eigenvalue weighted by molar-refractivity contribution is 9.08. The number of hydrogen-bond acceptors (Lipinski definition) is 3. The van der Waals surface area contributed by atoms with E-state index in [0.29, 0.717) is 13.2 Å². The molecule has 0 radical (unpaired) electrons. The van der Waals surface area contributed by atoms with E-state index in [-0.39, 0.29) is 0 Å². The molecule has 0 amide bonds. The van der Waals surface area contributed by atoms with E-state index in [9.17, 15) is 0 Å². The van der Waals surface area contributed by atoms with Crippen molar-refractivity contribution in [2.24, 2.45) is 0 Å². The van der Waals surface area contributed by atoms with Crippen LogP contribution in [0.1, 0.15) is 19.4 Å². The van der Waals surface area contributed by atoms with E-state index in [1.807, 2.05) is 26.0 Å². The summed E-state index contributed by atoms with van der Waals surface area (Å²) in [4.78, 5) is 2.29. The molecule has 0 saturated heterocycles. The third kappa shape index (κ3) is 6.00. The van der Waals surface area contributed by atoms with Crippen molar-refractivity contribution in [2.75, 3.05) is 44.4 Å². The van der Waals surface area contributed by atoms with Crippen molar-refractivity contribution in [1.82, 2.24) is 0 Å². The molecule has 0 unspecified atom stereocenters. The third-order valence-corrected chi connectivity index (χ3v) is 3.78. The molecule has 0 fully saturated rings. The van der Waals surface area contributed by atoms with Gasteiger partial charge in [-0.15, -0.1) is 0 Å². The fourth-order valence-electron chi connectivity index (χ4n) is 1.96. The van der Waals surface area contributed by atoms with Crippen LogP contribution in [0.2, 0.25) is 5.02 Å². The zero-order valence-corrected chi connectivity index (χ0v) is 14.5. The number of halogens is 2.